The first kappa shape index (κ1) is 13.7. The van der Waals surface area contributed by atoms with E-state index in [0.29, 0.717) is 0 Å². The van der Waals surface area contributed by atoms with Crippen LogP contribution in [-0.2, 0) is 13.6 Å². The fourth-order valence-corrected chi connectivity index (χ4v) is 2.29. The van der Waals surface area contributed by atoms with Gasteiger partial charge >= 0.3 is 0 Å². The van der Waals surface area contributed by atoms with Gasteiger partial charge in [0.1, 0.15) is 0 Å². The lowest BCUT2D eigenvalue weighted by Crippen LogP contribution is -2.25. The van der Waals surface area contributed by atoms with Crippen molar-refractivity contribution in [1.29, 1.82) is 0 Å². The van der Waals surface area contributed by atoms with Crippen LogP contribution in [0.4, 0.5) is 0 Å². The molecule has 1 heterocycles. The minimum atomic E-state index is 0.748. The molecule has 0 bridgehead atoms. The van der Waals surface area contributed by atoms with Crippen LogP contribution >= 0.6 is 15.9 Å². The molecule has 4 heteroatoms. The van der Waals surface area contributed by atoms with E-state index >= 15 is 0 Å². The van der Waals surface area contributed by atoms with E-state index in [9.17, 15) is 0 Å². The number of hydrogen-bond donors (Lipinski definition) is 0. The van der Waals surface area contributed by atoms with E-state index in [1.165, 1.54) is 12.1 Å². The van der Waals surface area contributed by atoms with Crippen molar-refractivity contribution in [2.75, 3.05) is 13.6 Å². The topological polar surface area (TPSA) is 21.1 Å². The summed E-state index contributed by atoms with van der Waals surface area (Å²) in [4.78, 5) is 2.36. The van der Waals surface area contributed by atoms with E-state index < -0.39 is 0 Å². The highest BCUT2D eigenvalue weighted by Crippen LogP contribution is 2.21. The SMILES string of the molecule is CCC(C)CN(C)Cc1c(Br)c(C)nn1C. The minimum Gasteiger partial charge on any atom is -0.300 e. The zero-order chi connectivity index (χ0) is 12.3. The van der Waals surface area contributed by atoms with Crippen molar-refractivity contribution >= 4 is 15.9 Å². The van der Waals surface area contributed by atoms with Crippen LogP contribution in [-0.4, -0.2) is 28.3 Å². The van der Waals surface area contributed by atoms with Crippen molar-refractivity contribution < 1.29 is 0 Å². The summed E-state index contributed by atoms with van der Waals surface area (Å²) in [6, 6.07) is 0. The Balaban J connectivity index is 2.65. The largest absolute Gasteiger partial charge is 0.300 e. The zero-order valence-corrected chi connectivity index (χ0v) is 12.5. The quantitative estimate of drug-likeness (QED) is 0.830. The molecule has 0 aromatic carbocycles. The molecule has 0 saturated carbocycles. The Morgan fingerprint density at radius 2 is 2.12 bits per heavy atom. The maximum absolute atomic E-state index is 4.41. The Morgan fingerprint density at radius 1 is 1.50 bits per heavy atom. The molecule has 1 aromatic rings. The van der Waals surface area contributed by atoms with Crippen molar-refractivity contribution in [1.82, 2.24) is 14.7 Å². The van der Waals surface area contributed by atoms with Gasteiger partial charge in [-0.2, -0.15) is 5.10 Å². The Bertz CT molecular complexity index is 346. The lowest BCUT2D eigenvalue weighted by molar-refractivity contribution is 0.268. The average Bonchev–Trinajstić information content (AvgIpc) is 2.45. The Hall–Kier alpha value is -0.350. The molecule has 0 fully saturated rings. The van der Waals surface area contributed by atoms with Gasteiger partial charge < -0.3 is 4.90 Å². The Kier molecular flexibility index (Phi) is 4.99. The summed E-state index contributed by atoms with van der Waals surface area (Å²) in [6.07, 6.45) is 1.23. The molecule has 0 aliphatic rings. The molecule has 0 amide bonds. The standard InChI is InChI=1S/C12H22BrN3/c1-6-9(2)7-15(4)8-11-12(13)10(3)14-16(11)5/h9H,6-8H2,1-5H3. The summed E-state index contributed by atoms with van der Waals surface area (Å²) in [5.74, 6) is 0.748. The van der Waals surface area contributed by atoms with Gasteiger partial charge in [0.15, 0.2) is 0 Å². The van der Waals surface area contributed by atoms with Crippen molar-refractivity contribution in [2.45, 2.75) is 33.7 Å². The number of aryl methyl sites for hydroxylation is 2. The highest BCUT2D eigenvalue weighted by Gasteiger charge is 2.13. The molecular formula is C12H22BrN3. The van der Waals surface area contributed by atoms with Gasteiger partial charge in [0.25, 0.3) is 0 Å². The molecule has 0 saturated heterocycles. The number of hydrogen-bond acceptors (Lipinski definition) is 2. The number of aromatic nitrogens is 2. The van der Waals surface area contributed by atoms with Crippen LogP contribution in [0.3, 0.4) is 0 Å². The normalized spacial score (nSPS) is 13.4. The first-order valence-corrected chi connectivity index (χ1v) is 6.61. The highest BCUT2D eigenvalue weighted by molar-refractivity contribution is 9.10. The molecule has 92 valence electrons. The predicted molar refractivity (Wildman–Crippen MR) is 71.4 cm³/mol. The number of nitrogens with zero attached hydrogens (tertiary/aromatic N) is 3. The van der Waals surface area contributed by atoms with E-state index in [0.717, 1.165) is 29.2 Å². The zero-order valence-electron chi connectivity index (χ0n) is 10.9. The van der Waals surface area contributed by atoms with Gasteiger partial charge in [0, 0.05) is 20.1 Å². The van der Waals surface area contributed by atoms with E-state index in [1.54, 1.807) is 0 Å². The Labute approximate surface area is 107 Å². The van der Waals surface area contributed by atoms with Crippen molar-refractivity contribution in [3.05, 3.63) is 15.9 Å². The summed E-state index contributed by atoms with van der Waals surface area (Å²) in [6.45, 7) is 8.64. The maximum Gasteiger partial charge on any atom is 0.0739 e. The third-order valence-electron chi connectivity index (χ3n) is 3.00. The molecule has 3 nitrogen and oxygen atoms in total. The molecule has 0 N–H and O–H groups in total. The van der Waals surface area contributed by atoms with Gasteiger partial charge in [-0.05, 0) is 35.8 Å². The predicted octanol–water partition coefficient (Wildman–Crippen LogP) is 2.97. The highest BCUT2D eigenvalue weighted by atomic mass is 79.9. The molecule has 0 spiro atoms. The smallest absolute Gasteiger partial charge is 0.0739 e. The van der Waals surface area contributed by atoms with Gasteiger partial charge in [-0.1, -0.05) is 20.3 Å². The van der Waals surface area contributed by atoms with E-state index in [2.05, 4.69) is 46.8 Å². The lowest BCUT2D eigenvalue weighted by Gasteiger charge is -2.20. The molecule has 16 heavy (non-hydrogen) atoms. The van der Waals surface area contributed by atoms with Gasteiger partial charge in [0.2, 0.25) is 0 Å². The van der Waals surface area contributed by atoms with Gasteiger partial charge in [-0.25, -0.2) is 0 Å². The fraction of sp³-hybridized carbons (Fsp3) is 0.750. The van der Waals surface area contributed by atoms with Crippen LogP contribution in [0.15, 0.2) is 4.47 Å². The van der Waals surface area contributed by atoms with Crippen molar-refractivity contribution in [2.24, 2.45) is 13.0 Å². The second-order valence-electron chi connectivity index (χ2n) is 4.68. The van der Waals surface area contributed by atoms with Crippen LogP contribution in [0.5, 0.6) is 0 Å². The van der Waals surface area contributed by atoms with Gasteiger partial charge in [0.05, 0.1) is 15.9 Å². The second kappa shape index (κ2) is 5.82. The first-order valence-electron chi connectivity index (χ1n) is 5.82. The van der Waals surface area contributed by atoms with Crippen molar-refractivity contribution in [3.8, 4) is 0 Å². The van der Waals surface area contributed by atoms with Crippen molar-refractivity contribution in [3.63, 3.8) is 0 Å². The molecule has 0 aliphatic carbocycles. The molecule has 1 aromatic heterocycles. The van der Waals surface area contributed by atoms with E-state index in [4.69, 9.17) is 0 Å². The number of halogens is 1. The van der Waals surface area contributed by atoms with Gasteiger partial charge in [-0.15, -0.1) is 0 Å². The minimum absolute atomic E-state index is 0.748. The van der Waals surface area contributed by atoms with E-state index in [1.807, 2.05) is 18.7 Å². The summed E-state index contributed by atoms with van der Waals surface area (Å²) < 4.78 is 3.11. The molecule has 1 rings (SSSR count). The monoisotopic (exact) mass is 287 g/mol. The second-order valence-corrected chi connectivity index (χ2v) is 5.47. The third-order valence-corrected chi connectivity index (χ3v) is 4.03. The molecule has 0 aliphatic heterocycles. The lowest BCUT2D eigenvalue weighted by atomic mass is 10.1. The molecular weight excluding hydrogens is 266 g/mol. The first-order chi connectivity index (χ1) is 7.45. The summed E-state index contributed by atoms with van der Waals surface area (Å²) in [7, 11) is 4.17. The van der Waals surface area contributed by atoms with Crippen LogP contribution in [0.1, 0.15) is 31.7 Å². The summed E-state index contributed by atoms with van der Waals surface area (Å²) in [5, 5.41) is 4.41. The molecule has 0 radical (unpaired) electrons. The van der Waals surface area contributed by atoms with Gasteiger partial charge in [-0.3, -0.25) is 4.68 Å². The van der Waals surface area contributed by atoms with Crippen LogP contribution < -0.4 is 0 Å². The van der Waals surface area contributed by atoms with E-state index in [-0.39, 0.29) is 0 Å². The molecule has 1 unspecified atom stereocenters. The summed E-state index contributed by atoms with van der Waals surface area (Å²) in [5.41, 5.74) is 2.32. The number of rotatable bonds is 5. The fourth-order valence-electron chi connectivity index (χ4n) is 1.83. The average molecular weight is 288 g/mol. The Morgan fingerprint density at radius 3 is 2.56 bits per heavy atom. The third kappa shape index (κ3) is 3.32. The molecule has 1 atom stereocenters. The summed E-state index contributed by atoms with van der Waals surface area (Å²) >= 11 is 3.60. The maximum atomic E-state index is 4.41. The van der Waals surface area contributed by atoms with Crippen LogP contribution in [0.2, 0.25) is 0 Å². The van der Waals surface area contributed by atoms with Crippen LogP contribution in [0.25, 0.3) is 0 Å². The van der Waals surface area contributed by atoms with Crippen LogP contribution in [0, 0.1) is 12.8 Å².